The molecule has 0 radical (unpaired) electrons. The summed E-state index contributed by atoms with van der Waals surface area (Å²) in [4.78, 5) is 23.3. The quantitative estimate of drug-likeness (QED) is 0.398. The number of aliphatic hydroxyl groups is 1. The summed E-state index contributed by atoms with van der Waals surface area (Å²) in [5.41, 5.74) is 1.30. The van der Waals surface area contributed by atoms with Crippen LogP contribution in [0.4, 0.5) is 10.5 Å². The molecule has 2 rings (SSSR count). The van der Waals surface area contributed by atoms with Gasteiger partial charge in [-0.15, -0.1) is 0 Å². The van der Waals surface area contributed by atoms with E-state index in [0.29, 0.717) is 36.4 Å². The third-order valence-corrected chi connectivity index (χ3v) is 4.42. The molecule has 0 unspecified atom stereocenters. The second kappa shape index (κ2) is 13.8. The molecule has 3 N–H and O–H groups in total. The maximum atomic E-state index is 12.6. The van der Waals surface area contributed by atoms with Crippen LogP contribution in [0, 0.1) is 0 Å². The molecule has 8 nitrogen and oxygen atoms in total. The van der Waals surface area contributed by atoms with Crippen molar-refractivity contribution in [3.8, 4) is 5.75 Å². The van der Waals surface area contributed by atoms with Crippen molar-refractivity contribution >= 4 is 17.7 Å². The van der Waals surface area contributed by atoms with Crippen LogP contribution in [-0.4, -0.2) is 48.2 Å². The first kappa shape index (κ1) is 24.9. The van der Waals surface area contributed by atoms with E-state index in [1.165, 1.54) is 0 Å². The number of anilines is 1. The predicted octanol–water partition coefficient (Wildman–Crippen LogP) is 4.17. The molecule has 2 atom stereocenters. The average Bonchev–Trinajstić information content (AvgIpc) is 2.79. The summed E-state index contributed by atoms with van der Waals surface area (Å²) in [5, 5.41) is 20.4. The van der Waals surface area contributed by atoms with E-state index >= 15 is 0 Å². The zero-order valence-corrected chi connectivity index (χ0v) is 18.0. The number of carboxylic acid groups (broad SMARTS) is 1. The summed E-state index contributed by atoms with van der Waals surface area (Å²) in [6, 6.07) is 15.9. The predicted molar refractivity (Wildman–Crippen MR) is 120 cm³/mol. The van der Waals surface area contributed by atoms with Gasteiger partial charge in [0.2, 0.25) is 0 Å². The molecule has 0 saturated heterocycles. The second-order valence-corrected chi connectivity index (χ2v) is 6.77. The van der Waals surface area contributed by atoms with Gasteiger partial charge in [-0.3, -0.25) is 5.32 Å². The van der Waals surface area contributed by atoms with Crippen LogP contribution in [0.1, 0.15) is 31.4 Å². The molecule has 0 aliphatic carbocycles. The number of hydrogen-bond acceptors (Lipinski definition) is 6. The number of aliphatic carboxylic acids is 1. The molecule has 32 heavy (non-hydrogen) atoms. The Morgan fingerprint density at radius 1 is 1.09 bits per heavy atom. The number of rotatable bonds is 13. The minimum Gasteiger partial charge on any atom is -0.491 e. The number of allylic oxidation sites excluding steroid dienone is 1. The highest BCUT2D eigenvalue weighted by atomic mass is 16.6. The highest BCUT2D eigenvalue weighted by Gasteiger charge is 2.27. The lowest BCUT2D eigenvalue weighted by atomic mass is 10.00. The van der Waals surface area contributed by atoms with Crippen LogP contribution in [0.3, 0.4) is 0 Å². The van der Waals surface area contributed by atoms with Gasteiger partial charge in [0.05, 0.1) is 12.7 Å². The van der Waals surface area contributed by atoms with Gasteiger partial charge < -0.3 is 24.4 Å². The molecule has 0 fully saturated rings. The number of amides is 1. The van der Waals surface area contributed by atoms with Crippen molar-refractivity contribution in [1.82, 2.24) is 0 Å². The second-order valence-electron chi connectivity index (χ2n) is 6.77. The fourth-order valence-corrected chi connectivity index (χ4v) is 3.04. The van der Waals surface area contributed by atoms with Gasteiger partial charge in [-0.2, -0.15) is 0 Å². The Labute approximate surface area is 187 Å². The highest BCUT2D eigenvalue weighted by molar-refractivity contribution is 5.84. The molecule has 2 aromatic rings. The van der Waals surface area contributed by atoms with Crippen LogP contribution < -0.4 is 10.1 Å². The third-order valence-electron chi connectivity index (χ3n) is 4.42. The van der Waals surface area contributed by atoms with Gasteiger partial charge in [-0.05, 0) is 49.6 Å². The topological polar surface area (TPSA) is 114 Å². The van der Waals surface area contributed by atoms with Crippen molar-refractivity contribution in [2.45, 2.75) is 32.0 Å². The van der Waals surface area contributed by atoms with Crippen molar-refractivity contribution in [2.24, 2.45) is 0 Å². The van der Waals surface area contributed by atoms with Crippen molar-refractivity contribution in [2.75, 3.05) is 25.1 Å². The fraction of sp³-hybridized carbons (Fsp3) is 0.333. The summed E-state index contributed by atoms with van der Waals surface area (Å²) in [5.74, 6) is -0.445. The molecule has 172 valence electrons. The summed E-state index contributed by atoms with van der Waals surface area (Å²) >= 11 is 0. The molecule has 8 heteroatoms. The van der Waals surface area contributed by atoms with E-state index in [4.69, 9.17) is 24.4 Å². The fourth-order valence-electron chi connectivity index (χ4n) is 3.04. The average molecular weight is 443 g/mol. The molecule has 0 aromatic heterocycles. The third kappa shape index (κ3) is 8.79. The monoisotopic (exact) mass is 443 g/mol. The van der Waals surface area contributed by atoms with E-state index < -0.39 is 24.3 Å². The lowest BCUT2D eigenvalue weighted by Gasteiger charge is -2.27. The molecule has 0 heterocycles. The number of ether oxygens (including phenoxy) is 3. The van der Waals surface area contributed by atoms with Crippen LogP contribution in [0.2, 0.25) is 0 Å². The number of carboxylic acids is 1. The standard InChI is InChI=1S/C24H29NO7/c1-2-30-21(10-6-7-11-22(27)28)23(18-12-14-20(15-13-18)31-17-16-26)32-24(29)25-19-8-4-3-5-9-19/h3-5,7-9,11-15,21,23,26H,2,6,10,16-17H2,1H3,(H,25,29)(H,27,28)/b11-7+/t21-,23-/m0/s1. The van der Waals surface area contributed by atoms with Crippen molar-refractivity contribution in [1.29, 1.82) is 0 Å². The summed E-state index contributed by atoms with van der Waals surface area (Å²) < 4.78 is 17.0. The Bertz CT molecular complexity index is 852. The molecule has 0 saturated carbocycles. The SMILES string of the molecule is CCO[C@@H](CC/C=C/C(=O)O)[C@@H](OC(=O)Nc1ccccc1)c1ccc(OCCO)cc1. The summed E-state index contributed by atoms with van der Waals surface area (Å²) in [7, 11) is 0. The number of carbonyl (C=O) groups is 2. The van der Waals surface area contributed by atoms with Gasteiger partial charge in [0.15, 0.2) is 6.10 Å². The van der Waals surface area contributed by atoms with Gasteiger partial charge in [-0.1, -0.05) is 36.4 Å². The van der Waals surface area contributed by atoms with Crippen LogP contribution in [-0.2, 0) is 14.3 Å². The Hall–Kier alpha value is -3.36. The van der Waals surface area contributed by atoms with E-state index in [9.17, 15) is 9.59 Å². The lowest BCUT2D eigenvalue weighted by molar-refractivity contribution is -0.131. The largest absolute Gasteiger partial charge is 0.491 e. The van der Waals surface area contributed by atoms with E-state index in [2.05, 4.69) is 5.32 Å². The number of benzene rings is 2. The van der Waals surface area contributed by atoms with E-state index in [1.807, 2.05) is 13.0 Å². The highest BCUT2D eigenvalue weighted by Crippen LogP contribution is 2.29. The Morgan fingerprint density at radius 3 is 2.44 bits per heavy atom. The zero-order chi connectivity index (χ0) is 23.2. The molecule has 0 spiro atoms. The van der Waals surface area contributed by atoms with E-state index in [0.717, 1.165) is 6.08 Å². The van der Waals surface area contributed by atoms with Gasteiger partial charge in [0, 0.05) is 18.4 Å². The smallest absolute Gasteiger partial charge is 0.412 e. The van der Waals surface area contributed by atoms with Crippen LogP contribution in [0.25, 0.3) is 0 Å². The Kier molecular flexibility index (Phi) is 10.8. The number of carbonyl (C=O) groups excluding carboxylic acids is 1. The number of para-hydroxylation sites is 1. The number of nitrogens with one attached hydrogen (secondary N) is 1. The zero-order valence-electron chi connectivity index (χ0n) is 18.0. The Morgan fingerprint density at radius 2 is 1.81 bits per heavy atom. The van der Waals surface area contributed by atoms with E-state index in [-0.39, 0.29) is 13.2 Å². The van der Waals surface area contributed by atoms with Gasteiger partial charge >= 0.3 is 12.1 Å². The molecule has 0 aliphatic heterocycles. The van der Waals surface area contributed by atoms with E-state index in [1.54, 1.807) is 54.6 Å². The molecule has 1 amide bonds. The number of hydrogen-bond donors (Lipinski definition) is 3. The number of aliphatic hydroxyl groups excluding tert-OH is 1. The molecular formula is C24H29NO7. The van der Waals surface area contributed by atoms with Crippen LogP contribution in [0.15, 0.2) is 66.7 Å². The minimum atomic E-state index is -1.02. The Balaban J connectivity index is 2.20. The minimum absolute atomic E-state index is 0.0938. The van der Waals surface area contributed by atoms with Crippen LogP contribution >= 0.6 is 0 Å². The van der Waals surface area contributed by atoms with Gasteiger partial charge in [0.1, 0.15) is 12.4 Å². The molecule has 0 aliphatic rings. The lowest BCUT2D eigenvalue weighted by Crippen LogP contribution is -2.29. The molecule has 0 bridgehead atoms. The van der Waals surface area contributed by atoms with Crippen molar-refractivity contribution in [3.05, 3.63) is 72.3 Å². The van der Waals surface area contributed by atoms with Crippen LogP contribution in [0.5, 0.6) is 5.75 Å². The first-order chi connectivity index (χ1) is 15.5. The first-order valence-electron chi connectivity index (χ1n) is 10.4. The maximum Gasteiger partial charge on any atom is 0.412 e. The normalized spacial score (nSPS) is 12.8. The molecular weight excluding hydrogens is 414 g/mol. The van der Waals surface area contributed by atoms with Gasteiger partial charge in [0.25, 0.3) is 0 Å². The molecule has 2 aromatic carbocycles. The van der Waals surface area contributed by atoms with Crippen molar-refractivity contribution in [3.63, 3.8) is 0 Å². The van der Waals surface area contributed by atoms with Gasteiger partial charge in [-0.25, -0.2) is 9.59 Å². The first-order valence-corrected chi connectivity index (χ1v) is 10.4. The maximum absolute atomic E-state index is 12.6. The van der Waals surface area contributed by atoms with Crippen molar-refractivity contribution < 1.29 is 34.0 Å². The summed E-state index contributed by atoms with van der Waals surface area (Å²) in [6.45, 7) is 2.32. The summed E-state index contributed by atoms with van der Waals surface area (Å²) in [6.07, 6.45) is 1.65.